The zero-order valence-corrected chi connectivity index (χ0v) is 12.3. The van der Waals surface area contributed by atoms with Gasteiger partial charge in [-0.2, -0.15) is 0 Å². The number of carbonyl (C=O) groups is 1. The van der Waals surface area contributed by atoms with Crippen LogP contribution in [0.5, 0.6) is 0 Å². The van der Waals surface area contributed by atoms with Gasteiger partial charge in [-0.1, -0.05) is 13.0 Å². The van der Waals surface area contributed by atoms with Gasteiger partial charge in [-0.15, -0.1) is 0 Å². The van der Waals surface area contributed by atoms with Crippen LogP contribution in [0.2, 0.25) is 0 Å². The molecule has 6 nitrogen and oxygen atoms in total. The summed E-state index contributed by atoms with van der Waals surface area (Å²) >= 11 is 0. The van der Waals surface area contributed by atoms with Crippen LogP contribution in [-0.4, -0.2) is 40.5 Å². The lowest BCUT2D eigenvalue weighted by Gasteiger charge is -2.19. The fourth-order valence-electron chi connectivity index (χ4n) is 2.19. The van der Waals surface area contributed by atoms with Gasteiger partial charge in [0, 0.05) is 18.8 Å². The Hall–Kier alpha value is -2.21. The maximum atomic E-state index is 12.0. The van der Waals surface area contributed by atoms with Crippen molar-refractivity contribution in [2.75, 3.05) is 20.2 Å². The Morgan fingerprint density at radius 1 is 1.43 bits per heavy atom. The van der Waals surface area contributed by atoms with Crippen molar-refractivity contribution in [1.29, 1.82) is 0 Å². The van der Waals surface area contributed by atoms with Crippen molar-refractivity contribution in [3.63, 3.8) is 0 Å². The van der Waals surface area contributed by atoms with Gasteiger partial charge in [-0.05, 0) is 25.1 Å². The van der Waals surface area contributed by atoms with Gasteiger partial charge in [0.15, 0.2) is 0 Å². The summed E-state index contributed by atoms with van der Waals surface area (Å²) in [6.07, 6.45) is 2.59. The minimum atomic E-state index is -0.291. The minimum Gasteiger partial charge on any atom is -0.468 e. The molecule has 0 fully saturated rings. The highest BCUT2D eigenvalue weighted by Crippen LogP contribution is 2.04. The first kappa shape index (κ1) is 15.2. The average molecular weight is 289 g/mol. The molecule has 6 heteroatoms. The lowest BCUT2D eigenvalue weighted by Crippen LogP contribution is -2.32. The third kappa shape index (κ3) is 3.88. The summed E-state index contributed by atoms with van der Waals surface area (Å²) in [4.78, 5) is 29.8. The van der Waals surface area contributed by atoms with Gasteiger partial charge in [0.2, 0.25) is 0 Å². The summed E-state index contributed by atoms with van der Waals surface area (Å²) in [5.74, 6) is -0.291. The van der Waals surface area contributed by atoms with E-state index >= 15 is 0 Å². The topological polar surface area (TPSA) is 63.9 Å². The molecule has 0 bridgehead atoms. The van der Waals surface area contributed by atoms with Crippen LogP contribution in [0, 0.1) is 0 Å². The smallest absolute Gasteiger partial charge is 0.319 e. The van der Waals surface area contributed by atoms with Gasteiger partial charge in [0.1, 0.15) is 5.65 Å². The predicted octanol–water partition coefficient (Wildman–Crippen LogP) is 1.08. The van der Waals surface area contributed by atoms with Crippen LogP contribution < -0.4 is 5.56 Å². The van der Waals surface area contributed by atoms with E-state index in [9.17, 15) is 9.59 Å². The minimum absolute atomic E-state index is 0.120. The highest BCUT2D eigenvalue weighted by molar-refractivity contribution is 5.71. The second kappa shape index (κ2) is 6.99. The van der Waals surface area contributed by atoms with Crippen LogP contribution in [-0.2, 0) is 16.1 Å². The maximum absolute atomic E-state index is 12.0. The number of pyridine rings is 1. The summed E-state index contributed by atoms with van der Waals surface area (Å²) in [5, 5.41) is 0. The molecule has 0 aliphatic heterocycles. The van der Waals surface area contributed by atoms with Crippen molar-refractivity contribution in [3.05, 3.63) is 46.5 Å². The quantitative estimate of drug-likeness (QED) is 0.745. The van der Waals surface area contributed by atoms with E-state index in [1.54, 1.807) is 18.3 Å². The highest BCUT2D eigenvalue weighted by atomic mass is 16.5. The van der Waals surface area contributed by atoms with E-state index in [4.69, 9.17) is 4.74 Å². The maximum Gasteiger partial charge on any atom is 0.319 e. The molecule has 0 spiro atoms. The molecule has 21 heavy (non-hydrogen) atoms. The third-order valence-corrected chi connectivity index (χ3v) is 3.13. The summed E-state index contributed by atoms with van der Waals surface area (Å²) < 4.78 is 6.19. The molecule has 0 radical (unpaired) electrons. The molecule has 0 amide bonds. The number of nitrogens with zero attached hydrogens (tertiary/aromatic N) is 3. The Morgan fingerprint density at radius 2 is 2.24 bits per heavy atom. The Labute approximate surface area is 123 Å². The predicted molar refractivity (Wildman–Crippen MR) is 79.0 cm³/mol. The fourth-order valence-corrected chi connectivity index (χ4v) is 2.19. The molecule has 2 rings (SSSR count). The number of rotatable bonds is 6. The molecule has 0 saturated carbocycles. The zero-order valence-electron chi connectivity index (χ0n) is 12.3. The number of hydrogen-bond acceptors (Lipinski definition) is 5. The standard InChI is InChI=1S/C15H19N3O3/c1-3-7-17(11-15(20)21-2)10-12-9-14(19)18-8-5-4-6-13(18)16-12/h4-6,8-9H,3,7,10-11H2,1-2H3. The fraction of sp³-hybridized carbons (Fsp3) is 0.400. The second-order valence-electron chi connectivity index (χ2n) is 4.80. The van der Waals surface area contributed by atoms with Crippen LogP contribution in [0.15, 0.2) is 35.3 Å². The second-order valence-corrected chi connectivity index (χ2v) is 4.80. The number of aromatic nitrogens is 2. The Morgan fingerprint density at radius 3 is 2.95 bits per heavy atom. The molecule has 0 aromatic carbocycles. The Kier molecular flexibility index (Phi) is 5.05. The first-order valence-electron chi connectivity index (χ1n) is 6.90. The summed E-state index contributed by atoms with van der Waals surface area (Å²) in [6.45, 7) is 3.42. The van der Waals surface area contributed by atoms with Crippen LogP contribution >= 0.6 is 0 Å². The SMILES string of the molecule is CCCN(CC(=O)OC)Cc1cc(=O)n2ccccc2n1. The van der Waals surface area contributed by atoms with Crippen molar-refractivity contribution >= 4 is 11.6 Å². The number of hydrogen-bond donors (Lipinski definition) is 0. The molecule has 2 aromatic rings. The largest absolute Gasteiger partial charge is 0.468 e. The van der Waals surface area contributed by atoms with E-state index in [0.29, 0.717) is 17.9 Å². The monoisotopic (exact) mass is 289 g/mol. The molecule has 2 heterocycles. The van der Waals surface area contributed by atoms with Crippen molar-refractivity contribution < 1.29 is 9.53 Å². The van der Waals surface area contributed by atoms with E-state index < -0.39 is 0 Å². The van der Waals surface area contributed by atoms with E-state index in [0.717, 1.165) is 13.0 Å². The number of esters is 1. The first-order chi connectivity index (χ1) is 10.1. The van der Waals surface area contributed by atoms with Gasteiger partial charge in [0.25, 0.3) is 5.56 Å². The summed E-state index contributed by atoms with van der Waals surface area (Å²) in [7, 11) is 1.37. The third-order valence-electron chi connectivity index (χ3n) is 3.13. The zero-order chi connectivity index (χ0) is 15.2. The van der Waals surface area contributed by atoms with Gasteiger partial charge < -0.3 is 4.74 Å². The van der Waals surface area contributed by atoms with Crippen LogP contribution in [0.4, 0.5) is 0 Å². The van der Waals surface area contributed by atoms with E-state index in [2.05, 4.69) is 4.98 Å². The Balaban J connectivity index is 2.24. The number of ether oxygens (including phenoxy) is 1. The molecule has 0 aliphatic rings. The van der Waals surface area contributed by atoms with Crippen LogP contribution in [0.3, 0.4) is 0 Å². The number of fused-ring (bicyclic) bond motifs is 1. The molecule has 0 unspecified atom stereocenters. The molecule has 2 aromatic heterocycles. The van der Waals surface area contributed by atoms with E-state index in [-0.39, 0.29) is 18.1 Å². The lowest BCUT2D eigenvalue weighted by molar-refractivity contribution is -0.142. The molecule has 0 atom stereocenters. The number of methoxy groups -OCH3 is 1. The van der Waals surface area contributed by atoms with Crippen molar-refractivity contribution in [1.82, 2.24) is 14.3 Å². The number of carbonyl (C=O) groups excluding carboxylic acids is 1. The van der Waals surface area contributed by atoms with Gasteiger partial charge in [-0.25, -0.2) is 4.98 Å². The van der Waals surface area contributed by atoms with Gasteiger partial charge >= 0.3 is 5.97 Å². The molecule has 0 saturated heterocycles. The molecular weight excluding hydrogens is 270 g/mol. The molecule has 0 N–H and O–H groups in total. The average Bonchev–Trinajstić information content (AvgIpc) is 2.47. The van der Waals surface area contributed by atoms with Crippen LogP contribution in [0.1, 0.15) is 19.0 Å². The van der Waals surface area contributed by atoms with Crippen LogP contribution in [0.25, 0.3) is 5.65 Å². The summed E-state index contributed by atoms with van der Waals surface area (Å²) in [6, 6.07) is 6.92. The van der Waals surface area contributed by atoms with Gasteiger partial charge in [-0.3, -0.25) is 18.9 Å². The highest BCUT2D eigenvalue weighted by Gasteiger charge is 2.12. The molecular formula is C15H19N3O3. The van der Waals surface area contributed by atoms with Gasteiger partial charge in [0.05, 0.1) is 19.3 Å². The Bertz CT molecular complexity index is 681. The van der Waals surface area contributed by atoms with Crippen molar-refractivity contribution in [2.45, 2.75) is 19.9 Å². The van der Waals surface area contributed by atoms with Crippen molar-refractivity contribution in [2.24, 2.45) is 0 Å². The first-order valence-corrected chi connectivity index (χ1v) is 6.90. The summed E-state index contributed by atoms with van der Waals surface area (Å²) in [5.41, 5.74) is 1.14. The lowest BCUT2D eigenvalue weighted by atomic mass is 10.3. The van der Waals surface area contributed by atoms with E-state index in [1.807, 2.05) is 17.9 Å². The molecule has 112 valence electrons. The van der Waals surface area contributed by atoms with Crippen molar-refractivity contribution in [3.8, 4) is 0 Å². The van der Waals surface area contributed by atoms with E-state index in [1.165, 1.54) is 17.6 Å². The molecule has 0 aliphatic carbocycles. The normalized spacial score (nSPS) is 11.0.